The van der Waals surface area contributed by atoms with E-state index < -0.39 is 8.31 Å². The summed E-state index contributed by atoms with van der Waals surface area (Å²) >= 11 is 0. The molecule has 0 unspecified atom stereocenters. The monoisotopic (exact) mass is 419 g/mol. The van der Waals surface area contributed by atoms with Crippen LogP contribution in [0.25, 0.3) is 43.1 Å². The lowest BCUT2D eigenvalue weighted by Crippen LogP contribution is -2.50. The van der Waals surface area contributed by atoms with Crippen molar-refractivity contribution in [3.8, 4) is 0 Å². The van der Waals surface area contributed by atoms with E-state index >= 15 is 0 Å². The van der Waals surface area contributed by atoms with Gasteiger partial charge in [-0.15, -0.1) is 0 Å². The van der Waals surface area contributed by atoms with Crippen LogP contribution in [0.3, 0.4) is 0 Å². The molecule has 5 aromatic carbocycles. The zero-order valence-corrected chi connectivity index (χ0v) is 19.1. The highest BCUT2D eigenvalue weighted by atomic mass is 29.7. The fourth-order valence-electron chi connectivity index (χ4n) is 4.21. The van der Waals surface area contributed by atoms with E-state index in [2.05, 4.69) is 78.9 Å². The van der Waals surface area contributed by atoms with Crippen molar-refractivity contribution >= 4 is 83.0 Å². The molecule has 0 amide bonds. The number of hydrogen-bond acceptors (Lipinski definition) is 1. The van der Waals surface area contributed by atoms with Crippen LogP contribution in [-0.4, -0.2) is 40.9 Å². The molecule has 1 heterocycles. The highest BCUT2D eigenvalue weighted by molar-refractivity contribution is 7.51. The first kappa shape index (κ1) is 16.9. The van der Waals surface area contributed by atoms with Crippen molar-refractivity contribution in [3.63, 3.8) is 0 Å². The SMILES string of the molecule is c1ccc2cc3c(ccc4cc5cccc([Si]6CO[Si][Si][Si]6)c5cc43)cc2c1. The van der Waals surface area contributed by atoms with E-state index in [1.807, 2.05) is 0 Å². The first-order valence-electron chi connectivity index (χ1n) is 9.39. The molecule has 0 saturated carbocycles. The highest BCUT2D eigenvalue weighted by Crippen LogP contribution is 2.32. The third-order valence-electron chi connectivity index (χ3n) is 5.58. The molecule has 0 atom stereocenters. The summed E-state index contributed by atoms with van der Waals surface area (Å²) in [5.41, 5.74) is 0. The van der Waals surface area contributed by atoms with Crippen LogP contribution in [0, 0.1) is 0 Å². The van der Waals surface area contributed by atoms with E-state index in [1.165, 1.54) is 43.1 Å². The van der Waals surface area contributed by atoms with Gasteiger partial charge in [0.2, 0.25) is 9.28 Å². The third kappa shape index (κ3) is 2.74. The van der Waals surface area contributed by atoms with Crippen LogP contribution < -0.4 is 5.19 Å². The van der Waals surface area contributed by atoms with E-state index in [9.17, 15) is 0 Å². The summed E-state index contributed by atoms with van der Waals surface area (Å²) < 4.78 is 5.88. The predicted molar refractivity (Wildman–Crippen MR) is 125 cm³/mol. The number of hydrogen-bond donors (Lipinski definition) is 0. The van der Waals surface area contributed by atoms with Crippen LogP contribution in [0.1, 0.15) is 0 Å². The molecular weight excluding hydrogens is 405 g/mol. The van der Waals surface area contributed by atoms with Crippen LogP contribution in [0.2, 0.25) is 0 Å². The van der Waals surface area contributed by atoms with Crippen molar-refractivity contribution < 1.29 is 4.43 Å². The first-order chi connectivity index (χ1) is 13.9. The van der Waals surface area contributed by atoms with Gasteiger partial charge in [-0.3, -0.25) is 0 Å². The molecule has 0 aromatic heterocycles. The van der Waals surface area contributed by atoms with Gasteiger partial charge in [-0.05, 0) is 67.4 Å². The molecule has 1 fully saturated rings. The Morgan fingerprint density at radius 2 is 1.32 bits per heavy atom. The molecule has 1 aliphatic rings. The molecule has 7 radical (unpaired) electrons. The lowest BCUT2D eigenvalue weighted by Gasteiger charge is -2.21. The molecule has 1 saturated heterocycles. The maximum atomic E-state index is 5.88. The Labute approximate surface area is 172 Å². The molecule has 1 nitrogen and oxygen atoms in total. The Balaban J connectivity index is 1.67. The van der Waals surface area contributed by atoms with Crippen LogP contribution in [-0.2, 0) is 4.43 Å². The van der Waals surface area contributed by atoms with Gasteiger partial charge in [-0.1, -0.05) is 59.8 Å². The summed E-state index contributed by atoms with van der Waals surface area (Å²) in [6, 6.07) is 29.6. The summed E-state index contributed by atoms with van der Waals surface area (Å²) in [6.07, 6.45) is 0.978. The molecule has 1 aliphatic heterocycles. The molecular formula is C23H15OSi4. The van der Waals surface area contributed by atoms with Crippen molar-refractivity contribution in [1.29, 1.82) is 0 Å². The standard InChI is InChI=1S/C23H15OSi4/c1-2-5-16-12-20-18(10-15(16)4-1)8-9-19-11-17-6-3-7-23(22(17)13-21(19)20)28-14-24-25-26-27-28/h1-13H,14H2. The maximum absolute atomic E-state index is 5.88. The van der Waals surface area contributed by atoms with Gasteiger partial charge in [0.1, 0.15) is 0 Å². The fraction of sp³-hybridized carbons (Fsp3) is 0.0435. The lowest BCUT2D eigenvalue weighted by atomic mass is 9.96. The smallest absolute Gasteiger partial charge is 0.201 e. The minimum Gasteiger partial charge on any atom is -0.426 e. The summed E-state index contributed by atoms with van der Waals surface area (Å²) in [7, 11) is 2.26. The third-order valence-corrected chi connectivity index (χ3v) is 19.6. The van der Waals surface area contributed by atoms with Gasteiger partial charge in [-0.25, -0.2) is 0 Å². The molecule has 129 valence electrons. The van der Waals surface area contributed by atoms with Crippen LogP contribution in [0.4, 0.5) is 0 Å². The molecule has 0 aliphatic carbocycles. The van der Waals surface area contributed by atoms with Crippen molar-refractivity contribution in [1.82, 2.24) is 0 Å². The van der Waals surface area contributed by atoms with Gasteiger partial charge < -0.3 is 4.43 Å². The summed E-state index contributed by atoms with van der Waals surface area (Å²) in [6.45, 7) is 0. The second kappa shape index (κ2) is 6.79. The Morgan fingerprint density at radius 1 is 0.643 bits per heavy atom. The zero-order chi connectivity index (χ0) is 18.5. The Hall–Kier alpha value is -2.03. The second-order valence-electron chi connectivity index (χ2n) is 7.21. The molecule has 0 bridgehead atoms. The minimum absolute atomic E-state index is 0.581. The normalized spacial score (nSPS) is 15.7. The van der Waals surface area contributed by atoms with Gasteiger partial charge in [0.05, 0.1) is 8.31 Å². The lowest BCUT2D eigenvalue weighted by molar-refractivity contribution is 0.419. The van der Waals surface area contributed by atoms with E-state index in [4.69, 9.17) is 4.43 Å². The summed E-state index contributed by atoms with van der Waals surface area (Å²) in [4.78, 5) is 0. The van der Waals surface area contributed by atoms with Gasteiger partial charge in [0, 0.05) is 23.3 Å². The van der Waals surface area contributed by atoms with E-state index in [0.717, 1.165) is 32.6 Å². The second-order valence-corrected chi connectivity index (χ2v) is 18.4. The molecule has 6 rings (SSSR count). The van der Waals surface area contributed by atoms with E-state index in [1.54, 1.807) is 5.19 Å². The molecule has 0 N–H and O–H groups in total. The van der Waals surface area contributed by atoms with Crippen molar-refractivity contribution in [2.24, 2.45) is 0 Å². The Morgan fingerprint density at radius 3 is 2.11 bits per heavy atom. The molecule has 0 spiro atoms. The van der Waals surface area contributed by atoms with Gasteiger partial charge in [0.25, 0.3) is 0 Å². The number of fused-ring (bicyclic) bond motifs is 5. The minimum atomic E-state index is -0.581. The molecule has 5 aromatic rings. The first-order valence-corrected chi connectivity index (χ1v) is 17.0. The van der Waals surface area contributed by atoms with Crippen LogP contribution in [0.5, 0.6) is 0 Å². The Bertz CT molecular complexity index is 1360. The van der Waals surface area contributed by atoms with Crippen molar-refractivity contribution in [2.75, 3.05) is 6.23 Å². The summed E-state index contributed by atoms with van der Waals surface area (Å²) in [5.74, 6) is 0. The van der Waals surface area contributed by atoms with Crippen LogP contribution >= 0.6 is 0 Å². The van der Waals surface area contributed by atoms with E-state index in [-0.39, 0.29) is 0 Å². The highest BCUT2D eigenvalue weighted by Gasteiger charge is 2.22. The molecule has 5 heteroatoms. The van der Waals surface area contributed by atoms with Gasteiger partial charge in [-0.2, -0.15) is 0 Å². The van der Waals surface area contributed by atoms with Crippen molar-refractivity contribution in [2.45, 2.75) is 0 Å². The summed E-state index contributed by atoms with van der Waals surface area (Å²) in [5, 5.41) is 12.4. The van der Waals surface area contributed by atoms with Gasteiger partial charge in [0.15, 0.2) is 0 Å². The number of benzene rings is 5. The largest absolute Gasteiger partial charge is 0.426 e. The predicted octanol–water partition coefficient (Wildman–Crippen LogP) is 3.92. The average molecular weight is 420 g/mol. The van der Waals surface area contributed by atoms with E-state index in [0.29, 0.717) is 0 Å². The van der Waals surface area contributed by atoms with Gasteiger partial charge >= 0.3 is 0 Å². The average Bonchev–Trinajstić information content (AvgIpc) is 2.76. The van der Waals surface area contributed by atoms with Crippen molar-refractivity contribution in [3.05, 3.63) is 78.9 Å². The maximum Gasteiger partial charge on any atom is 0.201 e. The van der Waals surface area contributed by atoms with Crippen LogP contribution in [0.15, 0.2) is 78.9 Å². The number of rotatable bonds is 1. The zero-order valence-electron chi connectivity index (χ0n) is 15.1. The fourth-order valence-corrected chi connectivity index (χ4v) is 19.7. The quantitative estimate of drug-likeness (QED) is 0.227. The molecule has 28 heavy (non-hydrogen) atoms. The Kier molecular flexibility index (Phi) is 4.09. The topological polar surface area (TPSA) is 9.23 Å².